The molecule has 0 aliphatic rings. The SMILES string of the molecule is COc1ccc2c(c1)c[n+](C)c1c3cc(OC)c(OC)cc3ccc21.CS(=O)(=O)[O-]. The maximum atomic E-state index is 9.08. The van der Waals surface area contributed by atoms with Crippen molar-refractivity contribution < 1.29 is 31.7 Å². The third-order valence-corrected chi connectivity index (χ3v) is 4.73. The van der Waals surface area contributed by atoms with Crippen LogP contribution < -0.4 is 18.8 Å². The Labute approximate surface area is 175 Å². The number of nitrogens with zero attached hydrogens (tertiary/aromatic N) is 1. The van der Waals surface area contributed by atoms with Gasteiger partial charge in [0.1, 0.15) is 12.8 Å². The summed E-state index contributed by atoms with van der Waals surface area (Å²) in [6.45, 7) is 0. The molecule has 0 saturated carbocycles. The third kappa shape index (κ3) is 4.39. The van der Waals surface area contributed by atoms with Crippen molar-refractivity contribution in [3.63, 3.8) is 0 Å². The van der Waals surface area contributed by atoms with Crippen LogP contribution in [-0.4, -0.2) is 40.6 Å². The van der Waals surface area contributed by atoms with Crippen LogP contribution in [-0.2, 0) is 17.2 Å². The second-order valence-corrected chi connectivity index (χ2v) is 8.20. The first-order valence-electron chi connectivity index (χ1n) is 9.02. The number of aryl methyl sites for hydroxylation is 1. The summed E-state index contributed by atoms with van der Waals surface area (Å²) in [6, 6.07) is 14.5. The first-order valence-corrected chi connectivity index (χ1v) is 10.8. The van der Waals surface area contributed by atoms with E-state index in [1.54, 1.807) is 21.3 Å². The average Bonchev–Trinajstić information content (AvgIpc) is 2.70. The fourth-order valence-electron chi connectivity index (χ4n) is 3.53. The molecule has 0 aliphatic heterocycles. The van der Waals surface area contributed by atoms with Crippen molar-refractivity contribution in [2.75, 3.05) is 27.6 Å². The Bertz CT molecular complexity index is 1340. The molecule has 1 aromatic heterocycles. The maximum Gasteiger partial charge on any atom is 0.220 e. The highest BCUT2D eigenvalue weighted by Gasteiger charge is 2.17. The van der Waals surface area contributed by atoms with Crippen LogP contribution in [0.1, 0.15) is 0 Å². The topological polar surface area (TPSA) is 88.8 Å². The van der Waals surface area contributed by atoms with E-state index in [0.717, 1.165) is 38.9 Å². The van der Waals surface area contributed by atoms with Gasteiger partial charge in [-0.3, -0.25) is 0 Å². The minimum Gasteiger partial charge on any atom is -0.748 e. The quantitative estimate of drug-likeness (QED) is 0.282. The number of benzene rings is 3. The lowest BCUT2D eigenvalue weighted by Gasteiger charge is -2.11. The fraction of sp³-hybridized carbons (Fsp3) is 0.227. The summed E-state index contributed by atoms with van der Waals surface area (Å²) >= 11 is 0. The Morgan fingerprint density at radius 3 is 2.00 bits per heavy atom. The Hall–Kier alpha value is -3.10. The van der Waals surface area contributed by atoms with Crippen molar-refractivity contribution in [3.8, 4) is 17.2 Å². The molecule has 4 rings (SSSR count). The normalized spacial score (nSPS) is 11.3. The minimum atomic E-state index is -3.92. The summed E-state index contributed by atoms with van der Waals surface area (Å²) in [7, 11) is 3.16. The molecule has 0 saturated heterocycles. The van der Waals surface area contributed by atoms with Gasteiger partial charge in [0, 0.05) is 11.6 Å². The number of ether oxygens (including phenoxy) is 3. The van der Waals surface area contributed by atoms with Crippen molar-refractivity contribution in [2.45, 2.75) is 0 Å². The number of pyridine rings is 1. The van der Waals surface area contributed by atoms with Gasteiger partial charge in [-0.15, -0.1) is 0 Å². The summed E-state index contributed by atoms with van der Waals surface area (Å²) in [5.74, 6) is 2.33. The second kappa shape index (κ2) is 8.33. The molecule has 0 radical (unpaired) electrons. The van der Waals surface area contributed by atoms with E-state index in [4.69, 9.17) is 27.2 Å². The van der Waals surface area contributed by atoms with Crippen molar-refractivity contribution in [1.29, 1.82) is 0 Å². The van der Waals surface area contributed by atoms with Crippen LogP contribution in [0.3, 0.4) is 0 Å². The number of methoxy groups -OCH3 is 3. The molecule has 4 aromatic rings. The Balaban J connectivity index is 0.000000461. The molecule has 0 bridgehead atoms. The molecule has 0 N–H and O–H groups in total. The van der Waals surface area contributed by atoms with Gasteiger partial charge in [-0.2, -0.15) is 4.57 Å². The van der Waals surface area contributed by atoms with E-state index in [1.807, 2.05) is 18.2 Å². The fourth-order valence-corrected chi connectivity index (χ4v) is 3.53. The molecule has 0 aliphatic carbocycles. The Kier molecular flexibility index (Phi) is 6.00. The maximum absolute atomic E-state index is 9.08. The molecule has 8 heteroatoms. The standard InChI is InChI=1S/C21H20NO3.CH4O3S/c1-22-12-14-9-15(23-2)6-8-16(14)17-7-5-13-10-19(24-3)20(25-4)11-18(13)21(17)22;1-5(2,3)4/h5-12H,1-4H3;1H3,(H,2,3,4)/q+1;/p-1. The van der Waals surface area contributed by atoms with Gasteiger partial charge in [-0.1, -0.05) is 6.07 Å². The van der Waals surface area contributed by atoms with E-state index in [9.17, 15) is 0 Å². The molecule has 0 spiro atoms. The number of hydrogen-bond acceptors (Lipinski definition) is 6. The lowest BCUT2D eigenvalue weighted by Crippen LogP contribution is -2.28. The molecule has 158 valence electrons. The van der Waals surface area contributed by atoms with Crippen LogP contribution in [0.5, 0.6) is 17.2 Å². The summed E-state index contributed by atoms with van der Waals surface area (Å²) in [6.07, 6.45) is 2.74. The van der Waals surface area contributed by atoms with Gasteiger partial charge in [0.2, 0.25) is 5.52 Å². The van der Waals surface area contributed by atoms with Crippen LogP contribution in [0, 0.1) is 0 Å². The zero-order valence-electron chi connectivity index (χ0n) is 17.4. The van der Waals surface area contributed by atoms with Gasteiger partial charge in [-0.05, 0) is 41.8 Å². The lowest BCUT2D eigenvalue weighted by molar-refractivity contribution is -0.642. The Morgan fingerprint density at radius 1 is 0.800 bits per heavy atom. The zero-order chi connectivity index (χ0) is 22.1. The lowest BCUT2D eigenvalue weighted by atomic mass is 10.0. The van der Waals surface area contributed by atoms with Gasteiger partial charge < -0.3 is 18.8 Å². The highest BCUT2D eigenvalue weighted by Crippen LogP contribution is 2.36. The van der Waals surface area contributed by atoms with Crippen LogP contribution in [0.2, 0.25) is 0 Å². The van der Waals surface area contributed by atoms with E-state index < -0.39 is 10.1 Å². The average molecular weight is 429 g/mol. The van der Waals surface area contributed by atoms with E-state index in [-0.39, 0.29) is 0 Å². The van der Waals surface area contributed by atoms with Gasteiger partial charge in [0.05, 0.1) is 47.6 Å². The number of rotatable bonds is 3. The highest BCUT2D eigenvalue weighted by molar-refractivity contribution is 7.84. The molecular formula is C22H23NO6S. The summed E-state index contributed by atoms with van der Waals surface area (Å²) in [4.78, 5) is 0. The largest absolute Gasteiger partial charge is 0.748 e. The van der Waals surface area contributed by atoms with E-state index in [1.165, 1.54) is 10.8 Å². The number of aromatic nitrogens is 1. The molecule has 0 fully saturated rings. The van der Waals surface area contributed by atoms with Crippen molar-refractivity contribution in [2.24, 2.45) is 7.05 Å². The van der Waals surface area contributed by atoms with Crippen molar-refractivity contribution in [3.05, 3.63) is 48.7 Å². The molecule has 0 atom stereocenters. The van der Waals surface area contributed by atoms with Crippen molar-refractivity contribution in [1.82, 2.24) is 0 Å². The molecule has 30 heavy (non-hydrogen) atoms. The van der Waals surface area contributed by atoms with Gasteiger partial charge in [0.15, 0.2) is 17.7 Å². The first-order chi connectivity index (χ1) is 14.2. The number of hydrogen-bond donors (Lipinski definition) is 0. The first kappa shape index (κ1) is 21.6. The minimum absolute atomic E-state index is 0.604. The van der Waals surface area contributed by atoms with E-state index in [2.05, 4.69) is 42.1 Å². The monoisotopic (exact) mass is 429 g/mol. The third-order valence-electron chi connectivity index (χ3n) is 4.73. The number of fused-ring (bicyclic) bond motifs is 5. The van der Waals surface area contributed by atoms with Gasteiger partial charge in [-0.25, -0.2) is 8.42 Å². The predicted molar refractivity (Wildman–Crippen MR) is 115 cm³/mol. The molecule has 0 amide bonds. The zero-order valence-corrected chi connectivity index (χ0v) is 18.2. The predicted octanol–water partition coefficient (Wildman–Crippen LogP) is 3.16. The highest BCUT2D eigenvalue weighted by atomic mass is 32.2. The van der Waals surface area contributed by atoms with E-state index >= 15 is 0 Å². The second-order valence-electron chi connectivity index (χ2n) is 6.79. The molecule has 0 unspecified atom stereocenters. The molecule has 3 aromatic carbocycles. The smallest absolute Gasteiger partial charge is 0.220 e. The van der Waals surface area contributed by atoms with Crippen LogP contribution in [0.25, 0.3) is 32.4 Å². The summed E-state index contributed by atoms with van der Waals surface area (Å²) in [5.41, 5.74) is 1.16. The van der Waals surface area contributed by atoms with Gasteiger partial charge in [0.25, 0.3) is 0 Å². The van der Waals surface area contributed by atoms with Crippen LogP contribution >= 0.6 is 0 Å². The van der Waals surface area contributed by atoms with Crippen LogP contribution in [0.15, 0.2) is 48.7 Å². The van der Waals surface area contributed by atoms with E-state index in [0.29, 0.717) is 6.26 Å². The summed E-state index contributed by atoms with van der Waals surface area (Å²) in [5, 5.41) is 5.80. The van der Waals surface area contributed by atoms with Crippen LogP contribution in [0.4, 0.5) is 0 Å². The van der Waals surface area contributed by atoms with Gasteiger partial charge >= 0.3 is 0 Å². The summed E-state index contributed by atoms with van der Waals surface area (Å²) < 4.78 is 45.7. The van der Waals surface area contributed by atoms with Crippen molar-refractivity contribution >= 4 is 42.6 Å². The molecule has 1 heterocycles. The molecular weight excluding hydrogens is 406 g/mol. The Morgan fingerprint density at radius 2 is 1.40 bits per heavy atom. The molecule has 7 nitrogen and oxygen atoms in total.